The predicted molar refractivity (Wildman–Crippen MR) is 102 cm³/mol. The zero-order valence-corrected chi connectivity index (χ0v) is 14.3. The fourth-order valence-corrected chi connectivity index (χ4v) is 2.22. The molecule has 25 heavy (non-hydrogen) atoms. The van der Waals surface area contributed by atoms with E-state index in [1.165, 1.54) is 6.08 Å². The van der Waals surface area contributed by atoms with Gasteiger partial charge in [0, 0.05) is 12.1 Å². The average Bonchev–Trinajstić information content (AvgIpc) is 2.59. The van der Waals surface area contributed by atoms with Gasteiger partial charge in [0.25, 0.3) is 0 Å². The van der Waals surface area contributed by atoms with Crippen LogP contribution in [0, 0.1) is 6.92 Å². The van der Waals surface area contributed by atoms with E-state index >= 15 is 0 Å². The van der Waals surface area contributed by atoms with Crippen LogP contribution in [0.3, 0.4) is 0 Å². The van der Waals surface area contributed by atoms with Crippen LogP contribution in [0.15, 0.2) is 60.7 Å². The maximum Gasteiger partial charge on any atom is 0.248 e. The van der Waals surface area contributed by atoms with Gasteiger partial charge in [-0.25, -0.2) is 0 Å². The van der Waals surface area contributed by atoms with E-state index < -0.39 is 0 Å². The predicted octanol–water partition coefficient (Wildman–Crippen LogP) is 3.88. The smallest absolute Gasteiger partial charge is 0.248 e. The molecule has 2 aromatic rings. The number of carbonyl (C=O) groups is 2. The molecule has 0 aliphatic rings. The van der Waals surface area contributed by atoms with Crippen molar-refractivity contribution in [3.05, 3.63) is 66.2 Å². The van der Waals surface area contributed by atoms with E-state index in [0.717, 1.165) is 11.3 Å². The van der Waals surface area contributed by atoms with E-state index in [1.807, 2.05) is 43.3 Å². The number of anilines is 3. The molecule has 130 valence electrons. The molecule has 2 aromatic carbocycles. The molecule has 0 spiro atoms. The summed E-state index contributed by atoms with van der Waals surface area (Å²) in [5.41, 5.74) is 8.83. The van der Waals surface area contributed by atoms with Gasteiger partial charge in [-0.2, -0.15) is 0 Å². The number of benzene rings is 2. The summed E-state index contributed by atoms with van der Waals surface area (Å²) in [6.45, 7) is 2.00. The highest BCUT2D eigenvalue weighted by molar-refractivity contribution is 6.01. The first kappa shape index (κ1) is 18.3. The zero-order chi connectivity index (χ0) is 18.1. The van der Waals surface area contributed by atoms with Crippen LogP contribution < -0.4 is 16.4 Å². The number of allylic oxidation sites excluding steroid dienone is 1. The zero-order valence-electron chi connectivity index (χ0n) is 14.3. The number of nitrogens with two attached hydrogens (primary N) is 1. The molecule has 0 aromatic heterocycles. The Morgan fingerprint density at radius 2 is 1.76 bits per heavy atom. The Bertz CT molecular complexity index is 752. The molecule has 0 heterocycles. The molecular weight excluding hydrogens is 314 g/mol. The molecule has 5 nitrogen and oxygen atoms in total. The molecule has 5 heteroatoms. The summed E-state index contributed by atoms with van der Waals surface area (Å²) in [5.74, 6) is -0.263. The number of amides is 2. The number of unbranched alkanes of at least 4 members (excludes halogenated alkanes) is 1. The molecule has 4 N–H and O–H groups in total. The van der Waals surface area contributed by atoms with Gasteiger partial charge in [0.2, 0.25) is 11.8 Å². The Hall–Kier alpha value is -3.08. The van der Waals surface area contributed by atoms with Crippen molar-refractivity contribution in [3.63, 3.8) is 0 Å². The largest absolute Gasteiger partial charge is 0.397 e. The van der Waals surface area contributed by atoms with Crippen LogP contribution >= 0.6 is 0 Å². The van der Waals surface area contributed by atoms with Crippen LogP contribution in [0.1, 0.15) is 24.8 Å². The van der Waals surface area contributed by atoms with Crippen molar-refractivity contribution < 1.29 is 9.59 Å². The first-order valence-electron chi connectivity index (χ1n) is 8.23. The third-order valence-corrected chi connectivity index (χ3v) is 3.60. The van der Waals surface area contributed by atoms with Crippen LogP contribution in [-0.4, -0.2) is 11.8 Å². The maximum absolute atomic E-state index is 11.8. The summed E-state index contributed by atoms with van der Waals surface area (Å²) in [4.78, 5) is 23.6. The summed E-state index contributed by atoms with van der Waals surface area (Å²) in [7, 11) is 0. The summed E-state index contributed by atoms with van der Waals surface area (Å²) >= 11 is 0. The molecule has 0 unspecified atom stereocenters. The fourth-order valence-electron chi connectivity index (χ4n) is 2.22. The quantitative estimate of drug-likeness (QED) is 0.407. The number of rotatable bonds is 7. The van der Waals surface area contributed by atoms with E-state index in [0.29, 0.717) is 30.6 Å². The van der Waals surface area contributed by atoms with Gasteiger partial charge in [0.1, 0.15) is 0 Å². The minimum Gasteiger partial charge on any atom is -0.397 e. The van der Waals surface area contributed by atoms with E-state index in [9.17, 15) is 9.59 Å². The van der Waals surface area contributed by atoms with Crippen LogP contribution in [0.25, 0.3) is 0 Å². The highest BCUT2D eigenvalue weighted by Gasteiger charge is 2.02. The third kappa shape index (κ3) is 6.51. The lowest BCUT2D eigenvalue weighted by Gasteiger charge is -2.05. The van der Waals surface area contributed by atoms with Crippen molar-refractivity contribution in [2.24, 2.45) is 0 Å². The van der Waals surface area contributed by atoms with Gasteiger partial charge in [-0.05, 0) is 50.1 Å². The molecule has 0 saturated carbocycles. The van der Waals surface area contributed by atoms with Crippen molar-refractivity contribution >= 4 is 28.9 Å². The van der Waals surface area contributed by atoms with Gasteiger partial charge in [-0.1, -0.05) is 35.9 Å². The van der Waals surface area contributed by atoms with E-state index in [4.69, 9.17) is 5.73 Å². The van der Waals surface area contributed by atoms with Crippen molar-refractivity contribution in [2.75, 3.05) is 16.4 Å². The van der Waals surface area contributed by atoms with Gasteiger partial charge in [-0.15, -0.1) is 0 Å². The Labute approximate surface area is 147 Å². The normalized spacial score (nSPS) is 10.6. The lowest BCUT2D eigenvalue weighted by Crippen LogP contribution is -2.11. The first-order valence-corrected chi connectivity index (χ1v) is 8.23. The van der Waals surface area contributed by atoms with Gasteiger partial charge in [0.15, 0.2) is 0 Å². The number of nitrogen functional groups attached to an aromatic ring is 1. The monoisotopic (exact) mass is 337 g/mol. The van der Waals surface area contributed by atoms with Crippen LogP contribution in [0.4, 0.5) is 17.1 Å². The fraction of sp³-hybridized carbons (Fsp3) is 0.200. The van der Waals surface area contributed by atoms with Crippen LogP contribution in [0.5, 0.6) is 0 Å². The SMILES string of the molecule is Cc1ccc(NC(=O)CCCC=CC(=O)Nc2ccccc2N)cc1. The molecule has 0 saturated heterocycles. The topological polar surface area (TPSA) is 84.2 Å². The maximum atomic E-state index is 11.8. The highest BCUT2D eigenvalue weighted by Crippen LogP contribution is 2.16. The Morgan fingerprint density at radius 1 is 1.04 bits per heavy atom. The molecular formula is C20H23N3O2. The van der Waals surface area contributed by atoms with Crippen molar-refractivity contribution in [2.45, 2.75) is 26.2 Å². The summed E-state index contributed by atoms with van der Waals surface area (Å²) in [6.07, 6.45) is 4.96. The molecule has 0 radical (unpaired) electrons. The van der Waals surface area contributed by atoms with E-state index in [1.54, 1.807) is 18.2 Å². The second-order valence-electron chi connectivity index (χ2n) is 5.79. The lowest BCUT2D eigenvalue weighted by atomic mass is 10.2. The van der Waals surface area contributed by atoms with Gasteiger partial charge < -0.3 is 16.4 Å². The molecule has 0 atom stereocenters. The third-order valence-electron chi connectivity index (χ3n) is 3.60. The van der Waals surface area contributed by atoms with Gasteiger partial charge in [-0.3, -0.25) is 9.59 Å². The summed E-state index contributed by atoms with van der Waals surface area (Å²) in [6, 6.07) is 14.8. The van der Waals surface area contributed by atoms with Crippen molar-refractivity contribution in [1.29, 1.82) is 0 Å². The van der Waals surface area contributed by atoms with Crippen molar-refractivity contribution in [1.82, 2.24) is 0 Å². The second kappa shape index (κ2) is 9.27. The molecule has 0 fully saturated rings. The van der Waals surface area contributed by atoms with Crippen LogP contribution in [0.2, 0.25) is 0 Å². The first-order chi connectivity index (χ1) is 12.0. The minimum absolute atomic E-state index is 0.0289. The Balaban J connectivity index is 1.67. The molecule has 2 amide bonds. The molecule has 0 bridgehead atoms. The number of para-hydroxylation sites is 2. The lowest BCUT2D eigenvalue weighted by molar-refractivity contribution is -0.116. The molecule has 0 aliphatic heterocycles. The number of nitrogens with one attached hydrogen (secondary N) is 2. The second-order valence-corrected chi connectivity index (χ2v) is 5.79. The van der Waals surface area contributed by atoms with E-state index in [-0.39, 0.29) is 11.8 Å². The number of hydrogen-bond donors (Lipinski definition) is 3. The summed E-state index contributed by atoms with van der Waals surface area (Å²) in [5, 5.41) is 5.57. The molecule has 0 aliphatic carbocycles. The van der Waals surface area contributed by atoms with Gasteiger partial charge >= 0.3 is 0 Å². The Kier molecular flexibility index (Phi) is 6.77. The Morgan fingerprint density at radius 3 is 2.48 bits per heavy atom. The van der Waals surface area contributed by atoms with E-state index in [2.05, 4.69) is 10.6 Å². The molecule has 2 rings (SSSR count). The highest BCUT2D eigenvalue weighted by atomic mass is 16.2. The number of hydrogen-bond acceptors (Lipinski definition) is 3. The number of aryl methyl sites for hydroxylation is 1. The average molecular weight is 337 g/mol. The van der Waals surface area contributed by atoms with Crippen molar-refractivity contribution in [3.8, 4) is 0 Å². The minimum atomic E-state index is -0.234. The standard InChI is InChI=1S/C20H23N3O2/c1-15-11-13-16(14-12-15)22-19(24)9-3-2-4-10-20(25)23-18-8-6-5-7-17(18)21/h4-8,10-14H,2-3,9,21H2,1H3,(H,22,24)(H,23,25). The van der Waals surface area contributed by atoms with Crippen LogP contribution in [-0.2, 0) is 9.59 Å². The number of carbonyl (C=O) groups excluding carboxylic acids is 2. The van der Waals surface area contributed by atoms with Gasteiger partial charge in [0.05, 0.1) is 11.4 Å². The summed E-state index contributed by atoms with van der Waals surface area (Å²) < 4.78 is 0.